The van der Waals surface area contributed by atoms with Gasteiger partial charge in [-0.3, -0.25) is 0 Å². The van der Waals surface area contributed by atoms with Gasteiger partial charge in [0.15, 0.2) is 0 Å². The zero-order valence-corrected chi connectivity index (χ0v) is 8.27. The molecule has 0 bridgehead atoms. The first-order valence-electron chi connectivity index (χ1n) is 4.05. The average Bonchev–Trinajstić information content (AvgIpc) is 2.12. The third-order valence-electron chi connectivity index (χ3n) is 1.72. The second kappa shape index (κ2) is 5.07. The van der Waals surface area contributed by atoms with E-state index in [1.54, 1.807) is 0 Å². The Labute approximate surface area is 82.8 Å². The highest BCUT2D eigenvalue weighted by Crippen LogP contribution is 2.19. The van der Waals surface area contributed by atoms with E-state index in [2.05, 4.69) is 10.2 Å². The topological polar surface area (TPSA) is 47.3 Å². The highest BCUT2D eigenvalue weighted by atomic mass is 35.5. The molecule has 3 nitrogen and oxygen atoms in total. The van der Waals surface area contributed by atoms with Crippen LogP contribution in [0, 0.1) is 6.92 Å². The van der Waals surface area contributed by atoms with Crippen molar-refractivity contribution < 1.29 is 4.84 Å². The number of rotatable bonds is 4. The molecule has 72 valence electrons. The quantitative estimate of drug-likeness (QED) is 0.577. The predicted molar refractivity (Wildman–Crippen MR) is 54.8 cm³/mol. The molecule has 0 spiro atoms. The lowest BCUT2D eigenvalue weighted by Crippen LogP contribution is -2.12. The van der Waals surface area contributed by atoms with Crippen LogP contribution >= 0.6 is 11.6 Å². The number of nitrogens with one attached hydrogen (secondary N) is 1. The fourth-order valence-electron chi connectivity index (χ4n) is 0.957. The summed E-state index contributed by atoms with van der Waals surface area (Å²) in [6.07, 6.45) is 0. The first-order chi connectivity index (χ1) is 6.24. The van der Waals surface area contributed by atoms with E-state index in [0.29, 0.717) is 13.2 Å². The molecule has 0 fully saturated rings. The summed E-state index contributed by atoms with van der Waals surface area (Å²) < 4.78 is 0. The minimum absolute atomic E-state index is 0.478. The van der Waals surface area contributed by atoms with Gasteiger partial charge < -0.3 is 10.2 Å². The number of hydrogen-bond acceptors (Lipinski definition) is 3. The van der Waals surface area contributed by atoms with Gasteiger partial charge in [0, 0.05) is 17.3 Å². The van der Waals surface area contributed by atoms with Crippen LogP contribution in [0.25, 0.3) is 0 Å². The average molecular weight is 201 g/mol. The highest BCUT2D eigenvalue weighted by molar-refractivity contribution is 6.31. The molecule has 0 atom stereocenters. The fraction of sp³-hybridized carbons (Fsp3) is 0.333. The SMILES string of the molecule is Cc1ccc(NCCON)cc1Cl. The van der Waals surface area contributed by atoms with Crippen LogP contribution in [-0.4, -0.2) is 13.2 Å². The Balaban J connectivity index is 2.53. The van der Waals surface area contributed by atoms with E-state index in [-0.39, 0.29) is 0 Å². The molecule has 1 aromatic carbocycles. The van der Waals surface area contributed by atoms with Crippen molar-refractivity contribution in [2.75, 3.05) is 18.5 Å². The van der Waals surface area contributed by atoms with Crippen LogP contribution in [-0.2, 0) is 4.84 Å². The Hall–Kier alpha value is -0.770. The Morgan fingerprint density at radius 2 is 2.31 bits per heavy atom. The van der Waals surface area contributed by atoms with Crippen LogP contribution in [0.15, 0.2) is 18.2 Å². The number of anilines is 1. The largest absolute Gasteiger partial charge is 0.383 e. The van der Waals surface area contributed by atoms with Gasteiger partial charge in [0.05, 0.1) is 6.61 Å². The number of hydrogen-bond donors (Lipinski definition) is 2. The van der Waals surface area contributed by atoms with Crippen LogP contribution < -0.4 is 11.2 Å². The monoisotopic (exact) mass is 200 g/mol. The highest BCUT2D eigenvalue weighted by Gasteiger charge is 1.96. The molecule has 0 radical (unpaired) electrons. The molecule has 0 amide bonds. The van der Waals surface area contributed by atoms with Crippen LogP contribution in [0.5, 0.6) is 0 Å². The van der Waals surface area contributed by atoms with Gasteiger partial charge in [-0.2, -0.15) is 0 Å². The molecule has 0 aliphatic heterocycles. The molecule has 0 heterocycles. The molecular weight excluding hydrogens is 188 g/mol. The van der Waals surface area contributed by atoms with E-state index in [9.17, 15) is 0 Å². The molecule has 0 saturated heterocycles. The van der Waals surface area contributed by atoms with Crippen LogP contribution in [0.3, 0.4) is 0 Å². The summed E-state index contributed by atoms with van der Waals surface area (Å²) in [5, 5.41) is 3.89. The van der Waals surface area contributed by atoms with Crippen molar-refractivity contribution in [1.29, 1.82) is 0 Å². The van der Waals surface area contributed by atoms with Crippen molar-refractivity contribution in [3.8, 4) is 0 Å². The number of aryl methyl sites for hydroxylation is 1. The van der Waals surface area contributed by atoms with Gasteiger partial charge in [0.1, 0.15) is 0 Å². The van der Waals surface area contributed by atoms with Gasteiger partial charge in [-0.05, 0) is 24.6 Å². The lowest BCUT2D eigenvalue weighted by atomic mass is 10.2. The summed E-state index contributed by atoms with van der Waals surface area (Å²) in [5.41, 5.74) is 2.05. The van der Waals surface area contributed by atoms with Gasteiger partial charge >= 0.3 is 0 Å². The maximum Gasteiger partial charge on any atom is 0.0851 e. The van der Waals surface area contributed by atoms with Crippen LogP contribution in [0.2, 0.25) is 5.02 Å². The smallest absolute Gasteiger partial charge is 0.0851 e. The van der Waals surface area contributed by atoms with Crippen molar-refractivity contribution in [3.63, 3.8) is 0 Å². The van der Waals surface area contributed by atoms with Crippen molar-refractivity contribution in [2.24, 2.45) is 5.90 Å². The summed E-state index contributed by atoms with van der Waals surface area (Å²) in [7, 11) is 0. The maximum absolute atomic E-state index is 5.93. The van der Waals surface area contributed by atoms with Gasteiger partial charge in [0.2, 0.25) is 0 Å². The summed E-state index contributed by atoms with van der Waals surface area (Å²) in [6.45, 7) is 3.12. The van der Waals surface area contributed by atoms with Crippen LogP contribution in [0.4, 0.5) is 5.69 Å². The van der Waals surface area contributed by atoms with Crippen molar-refractivity contribution in [2.45, 2.75) is 6.92 Å². The molecule has 3 N–H and O–H groups in total. The minimum atomic E-state index is 0.478. The minimum Gasteiger partial charge on any atom is -0.383 e. The second-order valence-electron chi connectivity index (χ2n) is 2.76. The molecule has 1 rings (SSSR count). The molecule has 4 heteroatoms. The zero-order valence-electron chi connectivity index (χ0n) is 7.51. The number of halogens is 1. The third-order valence-corrected chi connectivity index (χ3v) is 2.13. The molecule has 0 saturated carbocycles. The molecule has 1 aromatic rings. The molecule has 0 aliphatic rings. The summed E-state index contributed by atoms with van der Waals surface area (Å²) in [6, 6.07) is 5.82. The summed E-state index contributed by atoms with van der Waals surface area (Å²) in [4.78, 5) is 4.42. The zero-order chi connectivity index (χ0) is 9.68. The van der Waals surface area contributed by atoms with E-state index in [1.807, 2.05) is 25.1 Å². The first-order valence-corrected chi connectivity index (χ1v) is 4.43. The van der Waals surface area contributed by atoms with Gasteiger partial charge in [-0.1, -0.05) is 17.7 Å². The van der Waals surface area contributed by atoms with E-state index >= 15 is 0 Å². The molecular formula is C9H13ClN2O. The van der Waals surface area contributed by atoms with Gasteiger partial charge in [-0.15, -0.1) is 0 Å². The van der Waals surface area contributed by atoms with E-state index in [4.69, 9.17) is 17.5 Å². The van der Waals surface area contributed by atoms with Gasteiger partial charge in [0.25, 0.3) is 0 Å². The lowest BCUT2D eigenvalue weighted by molar-refractivity contribution is 0.148. The Bertz CT molecular complexity index is 278. The van der Waals surface area contributed by atoms with E-state index in [1.165, 1.54) is 0 Å². The number of benzene rings is 1. The third kappa shape index (κ3) is 3.22. The van der Waals surface area contributed by atoms with E-state index in [0.717, 1.165) is 16.3 Å². The normalized spacial score (nSPS) is 10.1. The summed E-state index contributed by atoms with van der Waals surface area (Å²) >= 11 is 5.93. The van der Waals surface area contributed by atoms with Crippen LogP contribution in [0.1, 0.15) is 5.56 Å². The predicted octanol–water partition coefficient (Wildman–Crippen LogP) is 1.95. The Morgan fingerprint density at radius 3 is 2.92 bits per heavy atom. The number of nitrogens with two attached hydrogens (primary N) is 1. The molecule has 0 aromatic heterocycles. The van der Waals surface area contributed by atoms with Crippen molar-refractivity contribution in [3.05, 3.63) is 28.8 Å². The summed E-state index contributed by atoms with van der Waals surface area (Å²) in [5.74, 6) is 4.88. The molecule has 13 heavy (non-hydrogen) atoms. The molecule has 0 aliphatic carbocycles. The Kier molecular flexibility index (Phi) is 4.02. The maximum atomic E-state index is 5.93. The fourth-order valence-corrected chi connectivity index (χ4v) is 1.14. The van der Waals surface area contributed by atoms with Crippen molar-refractivity contribution >= 4 is 17.3 Å². The lowest BCUT2D eigenvalue weighted by Gasteiger charge is -2.06. The second-order valence-corrected chi connectivity index (χ2v) is 3.17. The Morgan fingerprint density at radius 1 is 1.54 bits per heavy atom. The molecule has 0 unspecified atom stereocenters. The standard InChI is InChI=1S/C9H13ClN2O/c1-7-2-3-8(6-9(7)10)12-4-5-13-11/h2-3,6,12H,4-5,11H2,1H3. The van der Waals surface area contributed by atoms with E-state index < -0.39 is 0 Å². The first kappa shape index (κ1) is 10.3. The van der Waals surface area contributed by atoms with Gasteiger partial charge in [-0.25, -0.2) is 5.90 Å². The van der Waals surface area contributed by atoms with Crippen molar-refractivity contribution in [1.82, 2.24) is 0 Å².